The summed E-state index contributed by atoms with van der Waals surface area (Å²) in [5, 5.41) is 0. The van der Waals surface area contributed by atoms with Gasteiger partial charge in [-0.1, -0.05) is 13.3 Å². The van der Waals surface area contributed by atoms with Crippen LogP contribution in [0.25, 0.3) is 0 Å². The number of carbonyl (C=O) groups excluding carboxylic acids is 2. The summed E-state index contributed by atoms with van der Waals surface area (Å²) in [7, 11) is 0. The zero-order valence-corrected chi connectivity index (χ0v) is 10.7. The van der Waals surface area contributed by atoms with E-state index in [4.69, 9.17) is 11.5 Å². The van der Waals surface area contributed by atoms with Crippen LogP contribution < -0.4 is 11.5 Å². The van der Waals surface area contributed by atoms with Crippen LogP contribution >= 0.6 is 0 Å². The van der Waals surface area contributed by atoms with Crippen molar-refractivity contribution >= 4 is 11.8 Å². The van der Waals surface area contributed by atoms with Crippen molar-refractivity contribution in [3.63, 3.8) is 0 Å². The number of hydrogen-bond acceptors (Lipinski definition) is 3. The molecular formula is C12H23N3O2. The van der Waals surface area contributed by atoms with Gasteiger partial charge in [-0.05, 0) is 26.2 Å². The third-order valence-corrected chi connectivity index (χ3v) is 3.48. The summed E-state index contributed by atoms with van der Waals surface area (Å²) in [5.74, 6) is -0.590. The molecule has 0 aromatic carbocycles. The molecule has 0 aliphatic carbocycles. The highest BCUT2D eigenvalue weighted by Gasteiger charge is 2.33. The Morgan fingerprint density at radius 1 is 1.41 bits per heavy atom. The molecule has 3 atom stereocenters. The van der Waals surface area contributed by atoms with Crippen LogP contribution in [-0.4, -0.2) is 35.3 Å². The molecular weight excluding hydrogens is 218 g/mol. The Morgan fingerprint density at radius 2 is 2.06 bits per heavy atom. The number of piperidine rings is 1. The number of nitrogens with zero attached hydrogens (tertiary/aromatic N) is 1. The van der Waals surface area contributed by atoms with E-state index in [0.29, 0.717) is 13.0 Å². The van der Waals surface area contributed by atoms with Gasteiger partial charge in [-0.2, -0.15) is 0 Å². The predicted octanol–water partition coefficient (Wildman–Crippen LogP) is 0.226. The molecule has 4 N–H and O–H groups in total. The molecule has 1 rings (SSSR count). The van der Waals surface area contributed by atoms with Crippen molar-refractivity contribution in [1.82, 2.24) is 4.90 Å². The van der Waals surface area contributed by atoms with Crippen molar-refractivity contribution < 1.29 is 9.59 Å². The maximum Gasteiger partial charge on any atom is 0.239 e. The van der Waals surface area contributed by atoms with Gasteiger partial charge in [-0.25, -0.2) is 0 Å². The third-order valence-electron chi connectivity index (χ3n) is 3.48. The Bertz CT molecular complexity index is 293. The van der Waals surface area contributed by atoms with Crippen LogP contribution in [0.15, 0.2) is 0 Å². The van der Waals surface area contributed by atoms with E-state index < -0.39 is 6.04 Å². The van der Waals surface area contributed by atoms with Gasteiger partial charge in [0, 0.05) is 12.6 Å². The van der Waals surface area contributed by atoms with Crippen molar-refractivity contribution in [1.29, 1.82) is 0 Å². The van der Waals surface area contributed by atoms with E-state index in [1.165, 1.54) is 0 Å². The molecule has 0 aromatic heterocycles. The van der Waals surface area contributed by atoms with Gasteiger partial charge in [0.2, 0.25) is 11.8 Å². The van der Waals surface area contributed by atoms with Gasteiger partial charge in [-0.15, -0.1) is 0 Å². The van der Waals surface area contributed by atoms with Gasteiger partial charge < -0.3 is 16.4 Å². The average Bonchev–Trinajstić information content (AvgIpc) is 2.28. The molecule has 1 saturated heterocycles. The lowest BCUT2D eigenvalue weighted by molar-refractivity contribution is -0.139. The zero-order valence-electron chi connectivity index (χ0n) is 10.7. The molecule has 1 fully saturated rings. The van der Waals surface area contributed by atoms with E-state index in [0.717, 1.165) is 19.3 Å². The molecule has 0 saturated carbocycles. The average molecular weight is 241 g/mol. The topological polar surface area (TPSA) is 89.4 Å². The van der Waals surface area contributed by atoms with Crippen LogP contribution in [0, 0.1) is 5.92 Å². The highest BCUT2D eigenvalue weighted by Crippen LogP contribution is 2.22. The number of carbonyl (C=O) groups is 2. The fraction of sp³-hybridized carbons (Fsp3) is 0.833. The molecule has 5 heteroatoms. The first-order valence-electron chi connectivity index (χ1n) is 6.32. The fourth-order valence-electron chi connectivity index (χ4n) is 2.29. The molecule has 1 heterocycles. The van der Waals surface area contributed by atoms with Gasteiger partial charge >= 0.3 is 0 Å². The molecule has 1 aliphatic heterocycles. The number of likely N-dealkylation sites (tertiary alicyclic amines) is 1. The quantitative estimate of drug-likeness (QED) is 0.738. The third kappa shape index (κ3) is 3.43. The molecule has 17 heavy (non-hydrogen) atoms. The standard InChI is InChI=1S/C12H23N3O2/c1-3-4-10(13)12(17)15-7-9(11(14)16)6-5-8(15)2/h8-10H,3-7,13H2,1-2H3,(H2,14,16). The lowest BCUT2D eigenvalue weighted by Crippen LogP contribution is -2.53. The lowest BCUT2D eigenvalue weighted by Gasteiger charge is -2.38. The first-order valence-corrected chi connectivity index (χ1v) is 6.32. The summed E-state index contributed by atoms with van der Waals surface area (Å²) < 4.78 is 0. The van der Waals surface area contributed by atoms with E-state index >= 15 is 0 Å². The highest BCUT2D eigenvalue weighted by atomic mass is 16.2. The molecule has 1 aliphatic rings. The van der Waals surface area contributed by atoms with Crippen molar-refractivity contribution in [2.24, 2.45) is 17.4 Å². The second-order valence-corrected chi connectivity index (χ2v) is 4.91. The van der Waals surface area contributed by atoms with Crippen molar-refractivity contribution in [3.8, 4) is 0 Å². The second-order valence-electron chi connectivity index (χ2n) is 4.91. The maximum atomic E-state index is 12.1. The SMILES string of the molecule is CCCC(N)C(=O)N1CC(C(N)=O)CCC1C. The number of rotatable bonds is 4. The van der Waals surface area contributed by atoms with Crippen LogP contribution in [0.2, 0.25) is 0 Å². The predicted molar refractivity (Wildman–Crippen MR) is 66.0 cm³/mol. The smallest absolute Gasteiger partial charge is 0.239 e. The zero-order chi connectivity index (χ0) is 13.0. The minimum absolute atomic E-state index is 0.0506. The molecule has 0 spiro atoms. The minimum atomic E-state index is -0.450. The summed E-state index contributed by atoms with van der Waals surface area (Å²) in [5.41, 5.74) is 11.1. The summed E-state index contributed by atoms with van der Waals surface area (Å²) in [6, 6.07) is -0.296. The van der Waals surface area contributed by atoms with E-state index in [1.807, 2.05) is 13.8 Å². The molecule has 0 aromatic rings. The summed E-state index contributed by atoms with van der Waals surface area (Å²) >= 11 is 0. The molecule has 2 amide bonds. The Morgan fingerprint density at radius 3 is 2.59 bits per heavy atom. The van der Waals surface area contributed by atoms with Gasteiger partial charge in [0.15, 0.2) is 0 Å². The minimum Gasteiger partial charge on any atom is -0.369 e. The highest BCUT2D eigenvalue weighted by molar-refractivity contribution is 5.83. The Balaban J connectivity index is 2.66. The van der Waals surface area contributed by atoms with Crippen LogP contribution in [0.5, 0.6) is 0 Å². The molecule has 0 radical (unpaired) electrons. The number of amides is 2. The van der Waals surface area contributed by atoms with Crippen molar-refractivity contribution in [3.05, 3.63) is 0 Å². The number of primary amides is 1. The summed E-state index contributed by atoms with van der Waals surface area (Å²) in [6.45, 7) is 4.42. The van der Waals surface area contributed by atoms with Gasteiger partial charge in [0.25, 0.3) is 0 Å². The first-order chi connectivity index (χ1) is 7.97. The molecule has 5 nitrogen and oxygen atoms in total. The second kappa shape index (κ2) is 6.00. The summed E-state index contributed by atoms with van der Waals surface area (Å²) in [4.78, 5) is 25.0. The lowest BCUT2D eigenvalue weighted by atomic mass is 9.92. The van der Waals surface area contributed by atoms with Gasteiger partial charge in [-0.3, -0.25) is 9.59 Å². The van der Waals surface area contributed by atoms with E-state index in [2.05, 4.69) is 0 Å². The Hall–Kier alpha value is -1.10. The number of nitrogens with two attached hydrogens (primary N) is 2. The monoisotopic (exact) mass is 241 g/mol. The Kier molecular flexibility index (Phi) is 4.93. The summed E-state index contributed by atoms with van der Waals surface area (Å²) in [6.07, 6.45) is 3.15. The van der Waals surface area contributed by atoms with Crippen LogP contribution in [-0.2, 0) is 9.59 Å². The van der Waals surface area contributed by atoms with E-state index in [-0.39, 0.29) is 23.8 Å². The fourth-order valence-corrected chi connectivity index (χ4v) is 2.29. The first kappa shape index (κ1) is 14.0. The van der Waals surface area contributed by atoms with E-state index in [9.17, 15) is 9.59 Å². The van der Waals surface area contributed by atoms with Gasteiger partial charge in [0.1, 0.15) is 0 Å². The largest absolute Gasteiger partial charge is 0.369 e. The van der Waals surface area contributed by atoms with Crippen molar-refractivity contribution in [2.45, 2.75) is 51.6 Å². The van der Waals surface area contributed by atoms with Gasteiger partial charge in [0.05, 0.1) is 12.0 Å². The Labute approximate surface area is 103 Å². The van der Waals surface area contributed by atoms with Crippen LogP contribution in [0.3, 0.4) is 0 Å². The maximum absolute atomic E-state index is 12.1. The van der Waals surface area contributed by atoms with Crippen LogP contribution in [0.4, 0.5) is 0 Å². The molecule has 3 unspecified atom stereocenters. The number of hydrogen-bond donors (Lipinski definition) is 2. The van der Waals surface area contributed by atoms with Crippen LogP contribution in [0.1, 0.15) is 39.5 Å². The van der Waals surface area contributed by atoms with Crippen molar-refractivity contribution in [2.75, 3.05) is 6.54 Å². The normalized spacial score (nSPS) is 26.6. The molecule has 98 valence electrons. The van der Waals surface area contributed by atoms with E-state index in [1.54, 1.807) is 4.90 Å². The molecule has 0 bridgehead atoms.